The number of rotatable bonds is 7. The van der Waals surface area contributed by atoms with Crippen LogP contribution < -0.4 is 21.1 Å². The molecule has 0 aliphatic carbocycles. The molecule has 0 bridgehead atoms. The van der Waals surface area contributed by atoms with Crippen LogP contribution in [0.3, 0.4) is 0 Å². The van der Waals surface area contributed by atoms with Gasteiger partial charge in [-0.3, -0.25) is 4.79 Å². The summed E-state index contributed by atoms with van der Waals surface area (Å²) < 4.78 is 6.25. The molecule has 2 aromatic carbocycles. The van der Waals surface area contributed by atoms with Crippen molar-refractivity contribution >= 4 is 27.9 Å². The van der Waals surface area contributed by atoms with Crippen LogP contribution in [0, 0.1) is 6.92 Å². The number of halogens is 1. The van der Waals surface area contributed by atoms with Gasteiger partial charge in [0.25, 0.3) is 0 Å². The van der Waals surface area contributed by atoms with E-state index in [9.17, 15) is 9.59 Å². The number of carbonyl (C=O) groups excluding carboxylic acids is 2. The number of aryl methyl sites for hydroxylation is 1. The van der Waals surface area contributed by atoms with Crippen molar-refractivity contribution in [3.8, 4) is 5.75 Å². The first kappa shape index (κ1) is 20.8. The number of carbonyl (C=O) groups is 2. The first-order valence-corrected chi connectivity index (χ1v) is 9.34. The van der Waals surface area contributed by atoms with Crippen molar-refractivity contribution in [2.45, 2.75) is 32.4 Å². The predicted molar refractivity (Wildman–Crippen MR) is 109 cm³/mol. The lowest BCUT2D eigenvalue weighted by Gasteiger charge is -2.21. The summed E-state index contributed by atoms with van der Waals surface area (Å²) in [4.78, 5) is 24.0. The number of benzene rings is 2. The molecule has 6 nitrogen and oxygen atoms in total. The van der Waals surface area contributed by atoms with Crippen LogP contribution in [-0.2, 0) is 4.79 Å². The third-order valence-electron chi connectivity index (χ3n) is 4.19. The fraction of sp³-hybridized carbons (Fsp3) is 0.300. The molecule has 3 amide bonds. The van der Waals surface area contributed by atoms with Crippen LogP contribution in [0.25, 0.3) is 0 Å². The summed E-state index contributed by atoms with van der Waals surface area (Å²) in [5.74, 6) is 0.511. The Balaban J connectivity index is 2.13. The van der Waals surface area contributed by atoms with Crippen LogP contribution in [0.4, 0.5) is 4.79 Å². The molecule has 2 rings (SSSR count). The molecule has 2 unspecified atom stereocenters. The second-order valence-corrected chi connectivity index (χ2v) is 7.27. The molecule has 0 aromatic heterocycles. The zero-order valence-corrected chi connectivity index (χ0v) is 17.2. The van der Waals surface area contributed by atoms with E-state index in [4.69, 9.17) is 10.5 Å². The van der Waals surface area contributed by atoms with Crippen molar-refractivity contribution in [2.24, 2.45) is 5.73 Å². The fourth-order valence-electron chi connectivity index (χ4n) is 2.90. The topological polar surface area (TPSA) is 93.4 Å². The Morgan fingerprint density at radius 2 is 1.93 bits per heavy atom. The van der Waals surface area contributed by atoms with Gasteiger partial charge in [-0.1, -0.05) is 45.8 Å². The normalized spacial score (nSPS) is 12.7. The van der Waals surface area contributed by atoms with Crippen molar-refractivity contribution in [1.82, 2.24) is 10.6 Å². The van der Waals surface area contributed by atoms with Gasteiger partial charge in [-0.15, -0.1) is 0 Å². The van der Waals surface area contributed by atoms with Gasteiger partial charge in [0, 0.05) is 10.0 Å². The minimum absolute atomic E-state index is 0.0673. The molecule has 0 fully saturated rings. The number of hydrogen-bond acceptors (Lipinski definition) is 3. The Bertz CT molecular complexity index is 826. The number of nitrogens with two attached hydrogens (primary N) is 1. The van der Waals surface area contributed by atoms with Crippen molar-refractivity contribution in [1.29, 1.82) is 0 Å². The lowest BCUT2D eigenvalue weighted by molar-refractivity contribution is -0.122. The highest BCUT2D eigenvalue weighted by Gasteiger charge is 2.20. The first-order valence-electron chi connectivity index (χ1n) is 8.55. The van der Waals surface area contributed by atoms with Gasteiger partial charge in [-0.05, 0) is 37.6 Å². The van der Waals surface area contributed by atoms with E-state index in [1.54, 1.807) is 7.11 Å². The number of nitrogens with one attached hydrogen (secondary N) is 2. The molecule has 2 aromatic rings. The maximum absolute atomic E-state index is 12.6. The third kappa shape index (κ3) is 5.99. The highest BCUT2D eigenvalue weighted by Crippen LogP contribution is 2.27. The summed E-state index contributed by atoms with van der Waals surface area (Å²) in [6.07, 6.45) is 0.0673. The maximum atomic E-state index is 12.6. The summed E-state index contributed by atoms with van der Waals surface area (Å²) in [7, 11) is 1.60. The average Bonchev–Trinajstić information content (AvgIpc) is 2.60. The number of urea groups is 1. The Kier molecular flexibility index (Phi) is 7.24. The SMILES string of the molecule is COc1ccc(C)cc1C(C)NC(=O)CC(NC(N)=O)c1cccc(Br)c1. The van der Waals surface area contributed by atoms with E-state index in [0.717, 1.165) is 21.2 Å². The minimum atomic E-state index is -0.679. The highest BCUT2D eigenvalue weighted by molar-refractivity contribution is 9.10. The summed E-state index contributed by atoms with van der Waals surface area (Å²) in [5, 5.41) is 5.59. The lowest BCUT2D eigenvalue weighted by atomic mass is 10.0. The highest BCUT2D eigenvalue weighted by atomic mass is 79.9. The van der Waals surface area contributed by atoms with Crippen LogP contribution in [0.15, 0.2) is 46.9 Å². The molecule has 0 spiro atoms. The molecule has 4 N–H and O–H groups in total. The van der Waals surface area contributed by atoms with Crippen LogP contribution >= 0.6 is 15.9 Å². The largest absolute Gasteiger partial charge is 0.496 e. The molecule has 27 heavy (non-hydrogen) atoms. The molecule has 144 valence electrons. The molecule has 2 atom stereocenters. The van der Waals surface area contributed by atoms with E-state index in [-0.39, 0.29) is 18.4 Å². The van der Waals surface area contributed by atoms with Crippen molar-refractivity contribution in [3.63, 3.8) is 0 Å². The molecular formula is C20H24BrN3O3. The molecule has 0 heterocycles. The summed E-state index contributed by atoms with van der Waals surface area (Å²) in [5.41, 5.74) is 8.05. The molecule has 0 radical (unpaired) electrons. The molecule has 0 saturated heterocycles. The van der Waals surface area contributed by atoms with Gasteiger partial charge in [-0.25, -0.2) is 4.79 Å². The molecule has 0 aliphatic heterocycles. The van der Waals surface area contributed by atoms with Crippen LogP contribution in [0.2, 0.25) is 0 Å². The smallest absolute Gasteiger partial charge is 0.312 e. The van der Waals surface area contributed by atoms with E-state index in [1.807, 2.05) is 56.3 Å². The van der Waals surface area contributed by atoms with Gasteiger partial charge in [0.05, 0.1) is 25.6 Å². The van der Waals surface area contributed by atoms with Crippen LogP contribution in [0.5, 0.6) is 5.75 Å². The standard InChI is InChI=1S/C20H24BrN3O3/c1-12-7-8-18(27-3)16(9-12)13(2)23-19(25)11-17(24-20(22)26)14-5-4-6-15(21)10-14/h4-10,13,17H,11H2,1-3H3,(H,23,25)(H3,22,24,26). The maximum Gasteiger partial charge on any atom is 0.312 e. The second kappa shape index (κ2) is 9.41. The van der Waals surface area contributed by atoms with E-state index in [0.29, 0.717) is 5.75 Å². The van der Waals surface area contributed by atoms with E-state index < -0.39 is 12.1 Å². The number of methoxy groups -OCH3 is 1. The van der Waals surface area contributed by atoms with Crippen molar-refractivity contribution in [2.75, 3.05) is 7.11 Å². The van der Waals surface area contributed by atoms with Crippen molar-refractivity contribution in [3.05, 3.63) is 63.6 Å². The average molecular weight is 434 g/mol. The quantitative estimate of drug-likeness (QED) is 0.620. The fourth-order valence-corrected chi connectivity index (χ4v) is 3.32. The number of hydrogen-bond donors (Lipinski definition) is 3. The van der Waals surface area contributed by atoms with E-state index >= 15 is 0 Å². The Labute approximate surface area is 167 Å². The Hall–Kier alpha value is -2.54. The van der Waals surface area contributed by atoms with Gasteiger partial charge in [0.1, 0.15) is 5.75 Å². The second-order valence-electron chi connectivity index (χ2n) is 6.35. The molecular weight excluding hydrogens is 410 g/mol. The van der Waals surface area contributed by atoms with Crippen LogP contribution in [0.1, 0.15) is 42.1 Å². The minimum Gasteiger partial charge on any atom is -0.496 e. The van der Waals surface area contributed by atoms with Gasteiger partial charge < -0.3 is 21.1 Å². The molecule has 7 heteroatoms. The van der Waals surface area contributed by atoms with Gasteiger partial charge in [-0.2, -0.15) is 0 Å². The number of amides is 3. The van der Waals surface area contributed by atoms with Gasteiger partial charge in [0.15, 0.2) is 0 Å². The lowest BCUT2D eigenvalue weighted by Crippen LogP contribution is -2.37. The zero-order chi connectivity index (χ0) is 20.0. The summed E-state index contributed by atoms with van der Waals surface area (Å²) in [6.45, 7) is 3.88. The summed E-state index contributed by atoms with van der Waals surface area (Å²) >= 11 is 3.40. The van der Waals surface area contributed by atoms with E-state index in [2.05, 4.69) is 26.6 Å². The zero-order valence-electron chi connectivity index (χ0n) is 15.6. The third-order valence-corrected chi connectivity index (χ3v) is 4.68. The van der Waals surface area contributed by atoms with Gasteiger partial charge in [0.2, 0.25) is 5.91 Å². The number of ether oxygens (including phenoxy) is 1. The predicted octanol–water partition coefficient (Wildman–Crippen LogP) is 3.74. The summed E-state index contributed by atoms with van der Waals surface area (Å²) in [6, 6.07) is 11.8. The molecule has 0 saturated carbocycles. The Morgan fingerprint density at radius 1 is 1.19 bits per heavy atom. The molecule has 0 aliphatic rings. The van der Waals surface area contributed by atoms with Gasteiger partial charge >= 0.3 is 6.03 Å². The van der Waals surface area contributed by atoms with Crippen LogP contribution in [-0.4, -0.2) is 19.0 Å². The Morgan fingerprint density at radius 3 is 2.56 bits per heavy atom. The monoisotopic (exact) mass is 433 g/mol. The van der Waals surface area contributed by atoms with E-state index in [1.165, 1.54) is 0 Å². The number of primary amides is 1. The van der Waals surface area contributed by atoms with Crippen molar-refractivity contribution < 1.29 is 14.3 Å². The first-order chi connectivity index (χ1) is 12.8.